The molecule has 16 heavy (non-hydrogen) atoms. The standard InChI is InChI=1S/C13H19NO2/c1-9-13(2,3)11-5-4-10(16)8-12(11)14(9)6-7-15/h4-5,8-9,15-16H,6-7H2,1-3H3. The first-order valence-corrected chi connectivity index (χ1v) is 5.69. The van der Waals surface area contributed by atoms with E-state index in [-0.39, 0.29) is 17.8 Å². The van der Waals surface area contributed by atoms with E-state index in [0.29, 0.717) is 12.6 Å². The van der Waals surface area contributed by atoms with E-state index in [4.69, 9.17) is 5.11 Å². The molecule has 1 aliphatic rings. The van der Waals surface area contributed by atoms with Crippen molar-refractivity contribution in [2.75, 3.05) is 18.1 Å². The zero-order valence-corrected chi connectivity index (χ0v) is 10.1. The Labute approximate surface area is 96.3 Å². The van der Waals surface area contributed by atoms with Crippen molar-refractivity contribution in [3.8, 4) is 5.75 Å². The van der Waals surface area contributed by atoms with Crippen LogP contribution in [0.2, 0.25) is 0 Å². The van der Waals surface area contributed by atoms with Gasteiger partial charge in [0.05, 0.1) is 6.61 Å². The van der Waals surface area contributed by atoms with Crippen molar-refractivity contribution in [2.24, 2.45) is 0 Å². The Morgan fingerprint density at radius 3 is 2.69 bits per heavy atom. The summed E-state index contributed by atoms with van der Waals surface area (Å²) in [5.74, 6) is 0.284. The number of aliphatic hydroxyl groups excluding tert-OH is 1. The molecular formula is C13H19NO2. The number of β-amino-alcohol motifs (C(OH)–C–C–N with tert-alkyl or cyclic N) is 1. The summed E-state index contributed by atoms with van der Waals surface area (Å²) >= 11 is 0. The van der Waals surface area contributed by atoms with E-state index in [1.165, 1.54) is 5.56 Å². The Hall–Kier alpha value is -1.22. The first-order chi connectivity index (χ1) is 7.48. The highest BCUT2D eigenvalue weighted by atomic mass is 16.3. The van der Waals surface area contributed by atoms with Crippen LogP contribution in [-0.2, 0) is 5.41 Å². The van der Waals surface area contributed by atoms with Crippen LogP contribution in [0.15, 0.2) is 18.2 Å². The highest BCUT2D eigenvalue weighted by Gasteiger charge is 2.41. The van der Waals surface area contributed by atoms with Crippen molar-refractivity contribution in [2.45, 2.75) is 32.2 Å². The molecule has 1 aromatic carbocycles. The number of fused-ring (bicyclic) bond motifs is 1. The molecule has 0 fully saturated rings. The number of phenolic OH excluding ortho intramolecular Hbond substituents is 1. The zero-order chi connectivity index (χ0) is 11.9. The minimum atomic E-state index is 0.0538. The van der Waals surface area contributed by atoms with Crippen molar-refractivity contribution >= 4 is 5.69 Å². The predicted molar refractivity (Wildman–Crippen MR) is 65.0 cm³/mol. The van der Waals surface area contributed by atoms with Crippen LogP contribution < -0.4 is 4.90 Å². The molecule has 2 rings (SSSR count). The summed E-state index contributed by atoms with van der Waals surface area (Å²) < 4.78 is 0. The van der Waals surface area contributed by atoms with Gasteiger partial charge in [-0.3, -0.25) is 0 Å². The summed E-state index contributed by atoms with van der Waals surface area (Å²) in [4.78, 5) is 2.16. The van der Waals surface area contributed by atoms with E-state index in [0.717, 1.165) is 5.69 Å². The van der Waals surface area contributed by atoms with Gasteiger partial charge in [0, 0.05) is 29.8 Å². The van der Waals surface area contributed by atoms with Gasteiger partial charge in [-0.05, 0) is 18.6 Å². The fourth-order valence-electron chi connectivity index (χ4n) is 2.55. The van der Waals surface area contributed by atoms with E-state index in [9.17, 15) is 5.11 Å². The van der Waals surface area contributed by atoms with Gasteiger partial charge < -0.3 is 15.1 Å². The third-order valence-electron chi connectivity index (χ3n) is 3.84. The minimum absolute atomic E-state index is 0.0538. The first kappa shape index (κ1) is 11.3. The van der Waals surface area contributed by atoms with E-state index in [2.05, 4.69) is 25.7 Å². The van der Waals surface area contributed by atoms with Crippen molar-refractivity contribution in [1.29, 1.82) is 0 Å². The van der Waals surface area contributed by atoms with Crippen molar-refractivity contribution in [1.82, 2.24) is 0 Å². The Bertz CT molecular complexity index is 401. The van der Waals surface area contributed by atoms with Gasteiger partial charge in [0.2, 0.25) is 0 Å². The van der Waals surface area contributed by atoms with Crippen molar-refractivity contribution in [3.05, 3.63) is 23.8 Å². The summed E-state index contributed by atoms with van der Waals surface area (Å²) in [6.07, 6.45) is 0. The summed E-state index contributed by atoms with van der Waals surface area (Å²) in [6, 6.07) is 5.83. The maximum absolute atomic E-state index is 9.55. The number of hydrogen-bond donors (Lipinski definition) is 2. The van der Waals surface area contributed by atoms with Gasteiger partial charge in [-0.2, -0.15) is 0 Å². The summed E-state index contributed by atoms with van der Waals surface area (Å²) in [5, 5.41) is 18.7. The van der Waals surface area contributed by atoms with Crippen molar-refractivity contribution in [3.63, 3.8) is 0 Å². The summed E-state index contributed by atoms with van der Waals surface area (Å²) in [6.45, 7) is 7.30. The third-order valence-corrected chi connectivity index (χ3v) is 3.84. The molecule has 0 aromatic heterocycles. The number of aromatic hydroxyl groups is 1. The quantitative estimate of drug-likeness (QED) is 0.801. The van der Waals surface area contributed by atoms with Crippen LogP contribution in [0, 0.1) is 0 Å². The van der Waals surface area contributed by atoms with Crippen molar-refractivity contribution < 1.29 is 10.2 Å². The van der Waals surface area contributed by atoms with Crippen LogP contribution in [0.5, 0.6) is 5.75 Å². The molecule has 1 unspecified atom stereocenters. The van der Waals surface area contributed by atoms with Gasteiger partial charge in [-0.25, -0.2) is 0 Å². The topological polar surface area (TPSA) is 43.7 Å². The lowest BCUT2D eigenvalue weighted by Gasteiger charge is -2.31. The van der Waals surface area contributed by atoms with Crippen LogP contribution >= 0.6 is 0 Å². The van der Waals surface area contributed by atoms with Gasteiger partial charge in [0.15, 0.2) is 0 Å². The lowest BCUT2D eigenvalue weighted by molar-refractivity contribution is 0.293. The molecular weight excluding hydrogens is 202 g/mol. The smallest absolute Gasteiger partial charge is 0.117 e. The fourth-order valence-corrected chi connectivity index (χ4v) is 2.55. The highest BCUT2D eigenvalue weighted by molar-refractivity contribution is 5.65. The molecule has 1 aliphatic heterocycles. The second-order valence-electron chi connectivity index (χ2n) is 5.02. The average Bonchev–Trinajstić information content (AvgIpc) is 2.40. The summed E-state index contributed by atoms with van der Waals surface area (Å²) in [7, 11) is 0. The number of aliphatic hydroxyl groups is 1. The first-order valence-electron chi connectivity index (χ1n) is 5.69. The van der Waals surface area contributed by atoms with E-state index >= 15 is 0 Å². The fraction of sp³-hybridized carbons (Fsp3) is 0.538. The Kier molecular flexibility index (Phi) is 2.58. The number of phenols is 1. The van der Waals surface area contributed by atoms with E-state index in [1.807, 2.05) is 6.07 Å². The zero-order valence-electron chi connectivity index (χ0n) is 10.1. The van der Waals surface area contributed by atoms with Crippen LogP contribution in [-0.4, -0.2) is 29.4 Å². The number of nitrogens with zero attached hydrogens (tertiary/aromatic N) is 1. The molecule has 3 nitrogen and oxygen atoms in total. The lowest BCUT2D eigenvalue weighted by Crippen LogP contribution is -2.40. The van der Waals surface area contributed by atoms with Gasteiger partial charge in [0.1, 0.15) is 5.75 Å². The molecule has 1 atom stereocenters. The van der Waals surface area contributed by atoms with Gasteiger partial charge >= 0.3 is 0 Å². The number of anilines is 1. The van der Waals surface area contributed by atoms with E-state index < -0.39 is 0 Å². The SMILES string of the molecule is CC1N(CCO)c2cc(O)ccc2C1(C)C. The minimum Gasteiger partial charge on any atom is -0.508 e. The molecule has 88 valence electrons. The van der Waals surface area contributed by atoms with Crippen LogP contribution in [0.25, 0.3) is 0 Å². The van der Waals surface area contributed by atoms with Gasteiger partial charge in [0.25, 0.3) is 0 Å². The number of rotatable bonds is 2. The third kappa shape index (κ3) is 1.47. The van der Waals surface area contributed by atoms with Gasteiger partial charge in [-0.15, -0.1) is 0 Å². The number of hydrogen-bond acceptors (Lipinski definition) is 3. The molecule has 0 amide bonds. The maximum Gasteiger partial charge on any atom is 0.117 e. The molecule has 0 bridgehead atoms. The second-order valence-corrected chi connectivity index (χ2v) is 5.02. The van der Waals surface area contributed by atoms with Gasteiger partial charge in [-0.1, -0.05) is 19.9 Å². The summed E-state index contributed by atoms with van der Waals surface area (Å²) in [5.41, 5.74) is 2.34. The molecule has 2 N–H and O–H groups in total. The monoisotopic (exact) mass is 221 g/mol. The largest absolute Gasteiger partial charge is 0.508 e. The molecule has 1 aromatic rings. The van der Waals surface area contributed by atoms with Crippen LogP contribution in [0.1, 0.15) is 26.3 Å². The molecule has 0 spiro atoms. The van der Waals surface area contributed by atoms with Crippen LogP contribution in [0.3, 0.4) is 0 Å². The average molecular weight is 221 g/mol. The molecule has 0 saturated heterocycles. The Balaban J connectivity index is 2.51. The number of benzene rings is 1. The lowest BCUT2D eigenvalue weighted by atomic mass is 9.81. The van der Waals surface area contributed by atoms with E-state index in [1.54, 1.807) is 12.1 Å². The Morgan fingerprint density at radius 2 is 2.06 bits per heavy atom. The molecule has 0 aliphatic carbocycles. The van der Waals surface area contributed by atoms with Crippen LogP contribution in [0.4, 0.5) is 5.69 Å². The highest BCUT2D eigenvalue weighted by Crippen LogP contribution is 2.45. The second kappa shape index (κ2) is 3.67. The molecule has 3 heteroatoms. The predicted octanol–water partition coefficient (Wildman–Crippen LogP) is 1.87. The molecule has 0 radical (unpaired) electrons. The normalized spacial score (nSPS) is 22.2. The molecule has 1 heterocycles. The maximum atomic E-state index is 9.55. The Morgan fingerprint density at radius 1 is 1.38 bits per heavy atom. The molecule has 0 saturated carbocycles.